The highest BCUT2D eigenvalue weighted by Gasteiger charge is 2.22. The molecule has 22 heavy (non-hydrogen) atoms. The van der Waals surface area contributed by atoms with Crippen molar-refractivity contribution in [2.24, 2.45) is 5.92 Å². The minimum atomic E-state index is -0.521. The first kappa shape index (κ1) is 15.9. The van der Waals surface area contributed by atoms with Crippen LogP contribution in [-0.4, -0.2) is 39.0 Å². The molecule has 0 bridgehead atoms. The molecule has 2 heterocycles. The topological polar surface area (TPSA) is 88.4 Å². The average Bonchev–Trinajstić information content (AvgIpc) is 2.87. The van der Waals surface area contributed by atoms with Crippen LogP contribution in [0.25, 0.3) is 5.65 Å². The molecule has 2 N–H and O–H groups in total. The highest BCUT2D eigenvalue weighted by atomic mass is 16.2. The molecule has 0 aliphatic rings. The molecule has 118 valence electrons. The number of hydrogen-bond donors (Lipinski definition) is 2. The van der Waals surface area contributed by atoms with Crippen molar-refractivity contribution in [1.82, 2.24) is 25.2 Å². The van der Waals surface area contributed by atoms with E-state index in [0.717, 1.165) is 11.5 Å². The summed E-state index contributed by atoms with van der Waals surface area (Å²) in [4.78, 5) is 23.3. The van der Waals surface area contributed by atoms with Crippen molar-refractivity contribution < 1.29 is 9.59 Å². The van der Waals surface area contributed by atoms with Crippen LogP contribution in [0, 0.1) is 5.92 Å². The summed E-state index contributed by atoms with van der Waals surface area (Å²) in [6.45, 7) is 5.64. The number of amides is 2. The molecule has 0 radical (unpaired) electrons. The van der Waals surface area contributed by atoms with Crippen LogP contribution in [0.2, 0.25) is 0 Å². The van der Waals surface area contributed by atoms with E-state index in [1.165, 1.54) is 6.92 Å². The van der Waals surface area contributed by atoms with Gasteiger partial charge in [0.25, 0.3) is 0 Å². The Labute approximate surface area is 129 Å². The largest absolute Gasteiger partial charge is 0.354 e. The van der Waals surface area contributed by atoms with Gasteiger partial charge in [-0.15, -0.1) is 10.2 Å². The van der Waals surface area contributed by atoms with Crippen molar-refractivity contribution in [3.05, 3.63) is 30.2 Å². The molecule has 2 aromatic heterocycles. The van der Waals surface area contributed by atoms with Crippen molar-refractivity contribution in [3.63, 3.8) is 0 Å². The highest BCUT2D eigenvalue weighted by molar-refractivity contribution is 5.87. The summed E-state index contributed by atoms with van der Waals surface area (Å²) in [5.41, 5.74) is 0.780. The van der Waals surface area contributed by atoms with Gasteiger partial charge in [-0.2, -0.15) is 0 Å². The summed E-state index contributed by atoms with van der Waals surface area (Å²) >= 11 is 0. The number of aromatic nitrogens is 3. The summed E-state index contributed by atoms with van der Waals surface area (Å²) in [6.07, 6.45) is 2.46. The number of carbonyl (C=O) groups is 2. The third kappa shape index (κ3) is 3.81. The van der Waals surface area contributed by atoms with E-state index in [1.54, 1.807) is 0 Å². The van der Waals surface area contributed by atoms with Gasteiger partial charge in [0.1, 0.15) is 11.9 Å². The Balaban J connectivity index is 1.92. The third-order valence-corrected chi connectivity index (χ3v) is 3.34. The van der Waals surface area contributed by atoms with Crippen molar-refractivity contribution in [2.45, 2.75) is 33.2 Å². The number of carbonyl (C=O) groups excluding carboxylic acids is 2. The Morgan fingerprint density at radius 3 is 2.73 bits per heavy atom. The maximum absolute atomic E-state index is 12.1. The molecule has 0 fully saturated rings. The number of rotatable bonds is 6. The molecule has 2 amide bonds. The van der Waals surface area contributed by atoms with Gasteiger partial charge in [0, 0.05) is 26.1 Å². The van der Waals surface area contributed by atoms with Gasteiger partial charge in [0.05, 0.1) is 0 Å². The van der Waals surface area contributed by atoms with Crippen LogP contribution in [0.1, 0.15) is 26.6 Å². The van der Waals surface area contributed by atoms with E-state index in [0.29, 0.717) is 13.0 Å². The maximum Gasteiger partial charge on any atom is 0.242 e. The van der Waals surface area contributed by atoms with E-state index in [1.807, 2.05) is 42.6 Å². The van der Waals surface area contributed by atoms with Crippen LogP contribution < -0.4 is 10.6 Å². The predicted molar refractivity (Wildman–Crippen MR) is 82.1 cm³/mol. The van der Waals surface area contributed by atoms with Crippen molar-refractivity contribution in [3.8, 4) is 0 Å². The maximum atomic E-state index is 12.1. The van der Waals surface area contributed by atoms with Gasteiger partial charge in [0.2, 0.25) is 11.8 Å². The Kier molecular flexibility index (Phi) is 5.08. The molecule has 2 aromatic rings. The lowest BCUT2D eigenvalue weighted by Gasteiger charge is -2.20. The SMILES string of the molecule is CC(=O)NC(C(=O)NCCc1nnc2ccccn12)C(C)C. The molecule has 0 saturated carbocycles. The molecule has 0 saturated heterocycles. The van der Waals surface area contributed by atoms with Crippen LogP contribution in [0.15, 0.2) is 24.4 Å². The Morgan fingerprint density at radius 2 is 2.05 bits per heavy atom. The molecule has 0 aromatic carbocycles. The van der Waals surface area contributed by atoms with E-state index >= 15 is 0 Å². The van der Waals surface area contributed by atoms with Crippen LogP contribution in [0.4, 0.5) is 0 Å². The fraction of sp³-hybridized carbons (Fsp3) is 0.467. The molecule has 7 nitrogen and oxygen atoms in total. The van der Waals surface area contributed by atoms with E-state index in [9.17, 15) is 9.59 Å². The van der Waals surface area contributed by atoms with Crippen LogP contribution in [-0.2, 0) is 16.0 Å². The normalized spacial score (nSPS) is 12.4. The molecule has 0 aliphatic heterocycles. The van der Waals surface area contributed by atoms with E-state index in [2.05, 4.69) is 20.8 Å². The van der Waals surface area contributed by atoms with E-state index in [4.69, 9.17) is 0 Å². The number of hydrogen-bond acceptors (Lipinski definition) is 4. The Morgan fingerprint density at radius 1 is 1.27 bits per heavy atom. The number of fused-ring (bicyclic) bond motifs is 1. The monoisotopic (exact) mass is 303 g/mol. The molecular formula is C15H21N5O2. The van der Waals surface area contributed by atoms with Crippen molar-refractivity contribution >= 4 is 17.5 Å². The smallest absolute Gasteiger partial charge is 0.242 e. The predicted octanol–water partition coefficient (Wildman–Crippen LogP) is 0.549. The zero-order valence-corrected chi connectivity index (χ0v) is 13.0. The van der Waals surface area contributed by atoms with E-state index in [-0.39, 0.29) is 17.7 Å². The highest BCUT2D eigenvalue weighted by Crippen LogP contribution is 2.04. The Hall–Kier alpha value is -2.44. The summed E-state index contributed by atoms with van der Waals surface area (Å²) in [6, 6.07) is 5.16. The van der Waals surface area contributed by atoms with Gasteiger partial charge < -0.3 is 10.6 Å². The van der Waals surface area contributed by atoms with Crippen molar-refractivity contribution in [2.75, 3.05) is 6.54 Å². The molecule has 1 unspecified atom stereocenters. The first-order chi connectivity index (χ1) is 10.5. The fourth-order valence-electron chi connectivity index (χ4n) is 2.22. The summed E-state index contributed by atoms with van der Waals surface area (Å²) < 4.78 is 1.89. The lowest BCUT2D eigenvalue weighted by Crippen LogP contribution is -2.49. The van der Waals surface area contributed by atoms with Gasteiger partial charge in [0.15, 0.2) is 5.65 Å². The fourth-order valence-corrected chi connectivity index (χ4v) is 2.22. The second-order valence-corrected chi connectivity index (χ2v) is 5.51. The zero-order chi connectivity index (χ0) is 16.1. The molecule has 1 atom stereocenters. The quantitative estimate of drug-likeness (QED) is 0.815. The molecule has 2 rings (SSSR count). The number of pyridine rings is 1. The van der Waals surface area contributed by atoms with Gasteiger partial charge in [-0.05, 0) is 18.1 Å². The lowest BCUT2D eigenvalue weighted by atomic mass is 10.0. The summed E-state index contributed by atoms with van der Waals surface area (Å²) in [5.74, 6) is 0.422. The second-order valence-electron chi connectivity index (χ2n) is 5.51. The standard InChI is InChI=1S/C15H21N5O2/c1-10(2)14(17-11(3)21)15(22)16-8-7-13-19-18-12-6-4-5-9-20(12)13/h4-6,9-10,14H,7-8H2,1-3H3,(H,16,22)(H,17,21). The first-order valence-corrected chi connectivity index (χ1v) is 7.32. The van der Waals surface area contributed by atoms with Gasteiger partial charge in [-0.3, -0.25) is 14.0 Å². The molecule has 0 aliphatic carbocycles. The summed E-state index contributed by atoms with van der Waals surface area (Å²) in [5, 5.41) is 13.7. The molecular weight excluding hydrogens is 282 g/mol. The van der Waals surface area contributed by atoms with E-state index < -0.39 is 6.04 Å². The first-order valence-electron chi connectivity index (χ1n) is 7.32. The minimum absolute atomic E-state index is 0.0258. The zero-order valence-electron chi connectivity index (χ0n) is 13.0. The van der Waals surface area contributed by atoms with Crippen LogP contribution in [0.5, 0.6) is 0 Å². The summed E-state index contributed by atoms with van der Waals surface area (Å²) in [7, 11) is 0. The third-order valence-electron chi connectivity index (χ3n) is 3.34. The number of nitrogens with one attached hydrogen (secondary N) is 2. The van der Waals surface area contributed by atoms with Gasteiger partial charge in [-0.1, -0.05) is 19.9 Å². The average molecular weight is 303 g/mol. The van der Waals surface area contributed by atoms with Gasteiger partial charge >= 0.3 is 0 Å². The molecule has 7 heteroatoms. The van der Waals surface area contributed by atoms with Crippen molar-refractivity contribution in [1.29, 1.82) is 0 Å². The Bertz CT molecular complexity index is 665. The lowest BCUT2D eigenvalue weighted by molar-refractivity contribution is -0.129. The van der Waals surface area contributed by atoms with Gasteiger partial charge in [-0.25, -0.2) is 0 Å². The minimum Gasteiger partial charge on any atom is -0.354 e. The molecule has 0 spiro atoms. The number of nitrogens with zero attached hydrogens (tertiary/aromatic N) is 3. The second kappa shape index (κ2) is 7.02. The van der Waals surface area contributed by atoms with Crippen LogP contribution in [0.3, 0.4) is 0 Å². The van der Waals surface area contributed by atoms with Crippen LogP contribution >= 0.6 is 0 Å².